The monoisotopic (exact) mass is 331 g/mol. The molecule has 0 saturated heterocycles. The van der Waals surface area contributed by atoms with Gasteiger partial charge in [0.2, 0.25) is 5.88 Å². The molecule has 0 bridgehead atoms. The second-order valence-electron chi connectivity index (χ2n) is 4.79. The number of amides is 1. The highest BCUT2D eigenvalue weighted by molar-refractivity contribution is 5.92. The van der Waals surface area contributed by atoms with E-state index >= 15 is 0 Å². The second-order valence-corrected chi connectivity index (χ2v) is 4.79. The lowest BCUT2D eigenvalue weighted by Gasteiger charge is -2.07. The number of aliphatic carboxylic acids is 1. The third-order valence-corrected chi connectivity index (χ3v) is 3.07. The van der Waals surface area contributed by atoms with Gasteiger partial charge in [-0.3, -0.25) is 4.79 Å². The molecule has 0 aliphatic heterocycles. The molecule has 0 atom stereocenters. The van der Waals surface area contributed by atoms with Crippen LogP contribution in [0.4, 0.5) is 0 Å². The summed E-state index contributed by atoms with van der Waals surface area (Å²) in [6, 6.07) is 10.1. The Morgan fingerprint density at radius 1 is 1.12 bits per heavy atom. The topological polar surface area (TPSA) is 111 Å². The van der Waals surface area contributed by atoms with Gasteiger partial charge in [-0.25, -0.2) is 4.79 Å². The first-order valence-electron chi connectivity index (χ1n) is 7.18. The summed E-state index contributed by atoms with van der Waals surface area (Å²) in [6.07, 6.45) is 0.620. The lowest BCUT2D eigenvalue weighted by atomic mass is 10.1. The second kappa shape index (κ2) is 8.47. The number of hydrogen-bond donors (Lipinski definition) is 2. The number of carbonyl (C=O) groups excluding carboxylic acids is 1. The van der Waals surface area contributed by atoms with Crippen molar-refractivity contribution in [2.45, 2.75) is 6.42 Å². The van der Waals surface area contributed by atoms with Crippen molar-refractivity contribution >= 4 is 11.9 Å². The highest BCUT2D eigenvalue weighted by atomic mass is 16.5. The molecule has 1 amide bonds. The molecule has 2 rings (SSSR count). The van der Waals surface area contributed by atoms with Gasteiger partial charge >= 0.3 is 5.97 Å². The Kier molecular flexibility index (Phi) is 6.07. The molecular formula is C16H17N3O5. The highest BCUT2D eigenvalue weighted by Crippen LogP contribution is 2.12. The van der Waals surface area contributed by atoms with Crippen LogP contribution < -0.4 is 14.8 Å². The third kappa shape index (κ3) is 5.24. The van der Waals surface area contributed by atoms with Crippen molar-refractivity contribution in [3.05, 3.63) is 47.7 Å². The molecule has 0 unspecified atom stereocenters. The Labute approximate surface area is 138 Å². The molecule has 8 nitrogen and oxygen atoms in total. The molecule has 0 fully saturated rings. The smallest absolute Gasteiger partial charge is 0.341 e. The molecule has 0 radical (unpaired) electrons. The molecule has 1 heterocycles. The van der Waals surface area contributed by atoms with E-state index < -0.39 is 5.97 Å². The van der Waals surface area contributed by atoms with Crippen molar-refractivity contribution in [3.8, 4) is 11.6 Å². The first kappa shape index (κ1) is 17.2. The van der Waals surface area contributed by atoms with E-state index in [9.17, 15) is 9.59 Å². The van der Waals surface area contributed by atoms with Crippen molar-refractivity contribution < 1.29 is 24.2 Å². The van der Waals surface area contributed by atoms with Gasteiger partial charge in [0.25, 0.3) is 5.91 Å². The maximum Gasteiger partial charge on any atom is 0.341 e. The van der Waals surface area contributed by atoms with Crippen molar-refractivity contribution in [1.82, 2.24) is 15.5 Å². The summed E-state index contributed by atoms with van der Waals surface area (Å²) >= 11 is 0. The quantitative estimate of drug-likeness (QED) is 0.740. The number of carbonyl (C=O) groups is 2. The van der Waals surface area contributed by atoms with Crippen LogP contribution in [-0.2, 0) is 11.2 Å². The van der Waals surface area contributed by atoms with Crippen molar-refractivity contribution in [2.24, 2.45) is 0 Å². The SMILES string of the molecule is COc1ccc(C(=O)NCCc2ccc(OCC(=O)O)cc2)nn1. The van der Waals surface area contributed by atoms with Crippen LogP contribution in [0.2, 0.25) is 0 Å². The van der Waals surface area contributed by atoms with Gasteiger partial charge in [-0.15, -0.1) is 10.2 Å². The van der Waals surface area contributed by atoms with Gasteiger partial charge in [0.15, 0.2) is 12.3 Å². The van der Waals surface area contributed by atoms with Crippen molar-refractivity contribution in [1.29, 1.82) is 0 Å². The number of nitrogens with one attached hydrogen (secondary N) is 1. The summed E-state index contributed by atoms with van der Waals surface area (Å²) in [6.45, 7) is 0.0557. The fraction of sp³-hybridized carbons (Fsp3) is 0.250. The number of hydrogen-bond acceptors (Lipinski definition) is 6. The molecule has 2 aromatic rings. The number of ether oxygens (including phenoxy) is 2. The predicted molar refractivity (Wildman–Crippen MR) is 84.2 cm³/mol. The van der Waals surface area contributed by atoms with Crippen LogP contribution in [0.25, 0.3) is 0 Å². The predicted octanol–water partition coefficient (Wildman–Crippen LogP) is 0.921. The number of carboxylic acid groups (broad SMARTS) is 1. The first-order valence-corrected chi connectivity index (χ1v) is 7.18. The van der Waals surface area contributed by atoms with Crippen LogP contribution in [0.3, 0.4) is 0 Å². The van der Waals surface area contributed by atoms with E-state index in [1.54, 1.807) is 18.2 Å². The van der Waals surface area contributed by atoms with Crippen LogP contribution in [0.1, 0.15) is 16.1 Å². The van der Waals surface area contributed by atoms with Gasteiger partial charge in [-0.05, 0) is 30.2 Å². The van der Waals surface area contributed by atoms with Crippen LogP contribution in [0, 0.1) is 0 Å². The summed E-state index contributed by atoms with van der Waals surface area (Å²) in [4.78, 5) is 22.3. The molecule has 8 heteroatoms. The Morgan fingerprint density at radius 3 is 2.46 bits per heavy atom. The van der Waals surface area contributed by atoms with Gasteiger partial charge in [0, 0.05) is 12.6 Å². The van der Waals surface area contributed by atoms with Gasteiger partial charge in [0.05, 0.1) is 7.11 Å². The average molecular weight is 331 g/mol. The lowest BCUT2D eigenvalue weighted by molar-refractivity contribution is -0.139. The third-order valence-electron chi connectivity index (χ3n) is 3.07. The summed E-state index contributed by atoms with van der Waals surface area (Å²) in [5.74, 6) is -0.509. The molecule has 1 aromatic carbocycles. The van der Waals surface area contributed by atoms with Gasteiger partial charge in [-0.2, -0.15) is 0 Å². The number of carboxylic acids is 1. The number of methoxy groups -OCH3 is 1. The van der Waals surface area contributed by atoms with Crippen molar-refractivity contribution in [3.63, 3.8) is 0 Å². The fourth-order valence-corrected chi connectivity index (χ4v) is 1.86. The van der Waals surface area contributed by atoms with Gasteiger partial charge < -0.3 is 19.9 Å². The zero-order valence-corrected chi connectivity index (χ0v) is 13.1. The van der Waals surface area contributed by atoms with Crippen molar-refractivity contribution in [2.75, 3.05) is 20.3 Å². The maximum absolute atomic E-state index is 11.9. The molecule has 0 saturated carbocycles. The zero-order valence-electron chi connectivity index (χ0n) is 13.1. The Morgan fingerprint density at radius 2 is 1.88 bits per heavy atom. The summed E-state index contributed by atoms with van der Waals surface area (Å²) < 4.78 is 9.93. The molecule has 0 aliphatic carbocycles. The number of aromatic nitrogens is 2. The Hall–Kier alpha value is -3.16. The molecule has 24 heavy (non-hydrogen) atoms. The van der Waals surface area contributed by atoms with E-state index in [-0.39, 0.29) is 18.2 Å². The first-order chi connectivity index (χ1) is 11.6. The van der Waals surface area contributed by atoms with E-state index in [0.29, 0.717) is 24.6 Å². The van der Waals surface area contributed by atoms with E-state index in [1.165, 1.54) is 13.2 Å². The van der Waals surface area contributed by atoms with Crippen LogP contribution >= 0.6 is 0 Å². The normalized spacial score (nSPS) is 10.0. The Balaban J connectivity index is 1.78. The molecule has 2 N–H and O–H groups in total. The fourth-order valence-electron chi connectivity index (χ4n) is 1.86. The molecule has 0 aliphatic rings. The lowest BCUT2D eigenvalue weighted by Crippen LogP contribution is -2.26. The largest absolute Gasteiger partial charge is 0.482 e. The van der Waals surface area contributed by atoms with E-state index in [4.69, 9.17) is 14.6 Å². The summed E-state index contributed by atoms with van der Waals surface area (Å²) in [5.41, 5.74) is 1.20. The number of nitrogens with zero attached hydrogens (tertiary/aromatic N) is 2. The zero-order chi connectivity index (χ0) is 17.4. The standard InChI is InChI=1S/C16H17N3O5/c1-23-14-7-6-13(18-19-14)16(22)17-9-8-11-2-4-12(5-3-11)24-10-15(20)21/h2-7H,8-10H2,1H3,(H,17,22)(H,20,21). The molecule has 126 valence electrons. The van der Waals surface area contributed by atoms with E-state index in [2.05, 4.69) is 15.5 Å². The van der Waals surface area contributed by atoms with E-state index in [1.807, 2.05) is 12.1 Å². The van der Waals surface area contributed by atoms with Crippen LogP contribution in [0.15, 0.2) is 36.4 Å². The van der Waals surface area contributed by atoms with Crippen LogP contribution in [-0.4, -0.2) is 47.4 Å². The maximum atomic E-state index is 11.9. The summed E-state index contributed by atoms with van der Waals surface area (Å²) in [5, 5.41) is 18.8. The van der Waals surface area contributed by atoms with Gasteiger partial charge in [0.1, 0.15) is 5.75 Å². The van der Waals surface area contributed by atoms with Crippen LogP contribution in [0.5, 0.6) is 11.6 Å². The van der Waals surface area contributed by atoms with Gasteiger partial charge in [-0.1, -0.05) is 12.1 Å². The minimum absolute atomic E-state index is 0.216. The molecular weight excluding hydrogens is 314 g/mol. The average Bonchev–Trinajstić information content (AvgIpc) is 2.61. The minimum atomic E-state index is -1.02. The molecule has 0 spiro atoms. The Bertz CT molecular complexity index is 686. The highest BCUT2D eigenvalue weighted by Gasteiger charge is 2.08. The molecule has 1 aromatic heterocycles. The number of rotatable bonds is 8. The summed E-state index contributed by atoms with van der Waals surface area (Å²) in [7, 11) is 1.47. The number of benzene rings is 1. The minimum Gasteiger partial charge on any atom is -0.482 e. The van der Waals surface area contributed by atoms with E-state index in [0.717, 1.165) is 5.56 Å².